The van der Waals surface area contributed by atoms with Crippen LogP contribution in [0.1, 0.15) is 24.2 Å². The molecule has 0 heterocycles. The SMILES string of the molecule is COC(=O)C(C(=O)OC)[C@H](C)[C@H](NC(=O)c1cccc(OC(C)=O)c1)C(N)=O. The number of primary amides is 1. The van der Waals surface area contributed by atoms with Crippen molar-refractivity contribution in [2.24, 2.45) is 17.6 Å². The van der Waals surface area contributed by atoms with E-state index in [9.17, 15) is 24.0 Å². The number of hydrogen-bond acceptors (Lipinski definition) is 8. The van der Waals surface area contributed by atoms with Crippen LogP contribution in [0.15, 0.2) is 24.3 Å². The summed E-state index contributed by atoms with van der Waals surface area (Å²) in [6.45, 7) is 2.58. The maximum absolute atomic E-state index is 12.5. The minimum Gasteiger partial charge on any atom is -0.468 e. The number of esters is 3. The summed E-state index contributed by atoms with van der Waals surface area (Å²) in [5, 5.41) is 2.38. The molecule has 10 heteroatoms. The van der Waals surface area contributed by atoms with Crippen LogP contribution in [-0.4, -0.2) is 50.0 Å². The Morgan fingerprint density at radius 3 is 2.07 bits per heavy atom. The summed E-state index contributed by atoms with van der Waals surface area (Å²) >= 11 is 0. The molecule has 1 aromatic rings. The van der Waals surface area contributed by atoms with Gasteiger partial charge in [0, 0.05) is 18.4 Å². The number of carbonyl (C=O) groups is 5. The van der Waals surface area contributed by atoms with E-state index in [4.69, 9.17) is 10.5 Å². The Labute approximate surface area is 161 Å². The van der Waals surface area contributed by atoms with Gasteiger partial charge < -0.3 is 25.3 Å². The second kappa shape index (κ2) is 10.0. The quantitative estimate of drug-likeness (QED) is 0.349. The lowest BCUT2D eigenvalue weighted by atomic mass is 9.86. The molecule has 0 aliphatic heterocycles. The molecule has 0 unspecified atom stereocenters. The van der Waals surface area contributed by atoms with Gasteiger partial charge in [0.15, 0.2) is 5.92 Å². The molecule has 0 radical (unpaired) electrons. The highest BCUT2D eigenvalue weighted by Gasteiger charge is 2.41. The molecule has 1 aromatic carbocycles. The van der Waals surface area contributed by atoms with E-state index < -0.39 is 47.6 Å². The maximum atomic E-state index is 12.5. The Morgan fingerprint density at radius 1 is 1.04 bits per heavy atom. The molecule has 0 spiro atoms. The van der Waals surface area contributed by atoms with Crippen LogP contribution >= 0.6 is 0 Å². The zero-order valence-electron chi connectivity index (χ0n) is 15.9. The summed E-state index contributed by atoms with van der Waals surface area (Å²) in [5.41, 5.74) is 5.43. The lowest BCUT2D eigenvalue weighted by molar-refractivity contribution is -0.162. The Hall–Kier alpha value is -3.43. The highest BCUT2D eigenvalue weighted by molar-refractivity contribution is 5.99. The van der Waals surface area contributed by atoms with Crippen molar-refractivity contribution in [1.29, 1.82) is 0 Å². The molecule has 0 aromatic heterocycles. The number of benzene rings is 1. The van der Waals surface area contributed by atoms with Crippen molar-refractivity contribution >= 4 is 29.7 Å². The third-order valence-corrected chi connectivity index (χ3v) is 3.91. The molecule has 0 fully saturated rings. The molecule has 3 N–H and O–H groups in total. The van der Waals surface area contributed by atoms with Gasteiger partial charge in [-0.25, -0.2) is 0 Å². The molecule has 10 nitrogen and oxygen atoms in total. The molecule has 0 bridgehead atoms. The lowest BCUT2D eigenvalue weighted by Gasteiger charge is -2.26. The number of ether oxygens (including phenoxy) is 3. The molecule has 0 saturated carbocycles. The number of carbonyl (C=O) groups excluding carboxylic acids is 5. The predicted molar refractivity (Wildman–Crippen MR) is 94.9 cm³/mol. The predicted octanol–water partition coefficient (Wildman–Crippen LogP) is -0.206. The van der Waals surface area contributed by atoms with Crippen LogP contribution in [-0.2, 0) is 28.7 Å². The van der Waals surface area contributed by atoms with Gasteiger partial charge in [-0.05, 0) is 18.2 Å². The van der Waals surface area contributed by atoms with Crippen molar-refractivity contribution in [2.45, 2.75) is 19.9 Å². The third-order valence-electron chi connectivity index (χ3n) is 3.91. The molecular formula is C18H22N2O8. The summed E-state index contributed by atoms with van der Waals surface area (Å²) in [4.78, 5) is 59.3. The summed E-state index contributed by atoms with van der Waals surface area (Å²) in [7, 11) is 2.15. The van der Waals surface area contributed by atoms with Gasteiger partial charge >= 0.3 is 17.9 Å². The average Bonchev–Trinajstić information content (AvgIpc) is 2.64. The van der Waals surface area contributed by atoms with Crippen molar-refractivity contribution < 1.29 is 38.2 Å². The number of rotatable bonds is 8. The highest BCUT2D eigenvalue weighted by Crippen LogP contribution is 2.20. The fourth-order valence-electron chi connectivity index (χ4n) is 2.52. The minimum atomic E-state index is -1.47. The number of nitrogens with one attached hydrogen (secondary N) is 1. The van der Waals surface area contributed by atoms with Crippen molar-refractivity contribution in [1.82, 2.24) is 5.32 Å². The fraction of sp³-hybridized carbons (Fsp3) is 0.389. The van der Waals surface area contributed by atoms with E-state index in [0.29, 0.717) is 0 Å². The maximum Gasteiger partial charge on any atom is 0.320 e. The highest BCUT2D eigenvalue weighted by atomic mass is 16.5. The summed E-state index contributed by atoms with van der Waals surface area (Å²) in [6.07, 6.45) is 0. The van der Waals surface area contributed by atoms with Crippen LogP contribution < -0.4 is 15.8 Å². The molecule has 2 atom stereocenters. The summed E-state index contributed by atoms with van der Waals surface area (Å²) in [5.74, 6) is -6.52. The number of nitrogens with two attached hydrogens (primary N) is 1. The number of methoxy groups -OCH3 is 2. The molecule has 0 aliphatic carbocycles. The Balaban J connectivity index is 3.10. The van der Waals surface area contributed by atoms with Crippen LogP contribution in [0.2, 0.25) is 0 Å². The molecule has 1 rings (SSSR count). The average molecular weight is 394 g/mol. The third kappa shape index (κ3) is 5.79. The Kier molecular flexibility index (Phi) is 8.11. The lowest BCUT2D eigenvalue weighted by Crippen LogP contribution is -2.52. The molecular weight excluding hydrogens is 372 g/mol. The van der Waals surface area contributed by atoms with E-state index in [1.54, 1.807) is 0 Å². The molecule has 28 heavy (non-hydrogen) atoms. The molecule has 2 amide bonds. The van der Waals surface area contributed by atoms with Crippen LogP contribution in [0, 0.1) is 11.8 Å². The zero-order valence-corrected chi connectivity index (χ0v) is 15.9. The van der Waals surface area contributed by atoms with E-state index in [0.717, 1.165) is 14.2 Å². The van der Waals surface area contributed by atoms with Gasteiger partial charge in [-0.1, -0.05) is 13.0 Å². The van der Waals surface area contributed by atoms with E-state index in [1.165, 1.54) is 38.1 Å². The topological polar surface area (TPSA) is 151 Å². The summed E-state index contributed by atoms with van der Waals surface area (Å²) < 4.78 is 14.1. The fourth-order valence-corrected chi connectivity index (χ4v) is 2.52. The summed E-state index contributed by atoms with van der Waals surface area (Å²) in [6, 6.07) is 4.27. The minimum absolute atomic E-state index is 0.0740. The number of hydrogen-bond donors (Lipinski definition) is 2. The van der Waals surface area contributed by atoms with Crippen LogP contribution in [0.3, 0.4) is 0 Å². The van der Waals surface area contributed by atoms with Crippen LogP contribution in [0.5, 0.6) is 5.75 Å². The standard InChI is InChI=1S/C18H22N2O8/c1-9(13(17(24)26-3)18(25)27-4)14(15(19)22)20-16(23)11-6-5-7-12(8-11)28-10(2)21/h5-9,13-14H,1-4H3,(H2,19,22)(H,20,23)/t9-,14-/m0/s1. The largest absolute Gasteiger partial charge is 0.468 e. The first kappa shape index (κ1) is 22.6. The van der Waals surface area contributed by atoms with E-state index >= 15 is 0 Å². The van der Waals surface area contributed by atoms with Crippen molar-refractivity contribution in [3.63, 3.8) is 0 Å². The van der Waals surface area contributed by atoms with Gasteiger partial charge in [0.2, 0.25) is 5.91 Å². The molecule has 0 aliphatic rings. The second-order valence-electron chi connectivity index (χ2n) is 5.86. The van der Waals surface area contributed by atoms with Gasteiger partial charge in [-0.3, -0.25) is 24.0 Å². The Morgan fingerprint density at radius 2 is 1.61 bits per heavy atom. The van der Waals surface area contributed by atoms with Gasteiger partial charge in [0.1, 0.15) is 11.8 Å². The van der Waals surface area contributed by atoms with Crippen molar-refractivity contribution in [2.75, 3.05) is 14.2 Å². The van der Waals surface area contributed by atoms with E-state index in [1.807, 2.05) is 0 Å². The van der Waals surface area contributed by atoms with Crippen molar-refractivity contribution in [3.8, 4) is 5.75 Å². The van der Waals surface area contributed by atoms with Crippen molar-refractivity contribution in [3.05, 3.63) is 29.8 Å². The first-order valence-corrected chi connectivity index (χ1v) is 8.16. The normalized spacial score (nSPS) is 12.5. The van der Waals surface area contributed by atoms with Gasteiger partial charge in [0.25, 0.3) is 5.91 Å². The molecule has 152 valence electrons. The van der Waals surface area contributed by atoms with E-state index in [2.05, 4.69) is 14.8 Å². The monoisotopic (exact) mass is 394 g/mol. The molecule has 0 saturated heterocycles. The smallest absolute Gasteiger partial charge is 0.320 e. The first-order valence-electron chi connectivity index (χ1n) is 8.16. The zero-order chi connectivity index (χ0) is 21.4. The van der Waals surface area contributed by atoms with Gasteiger partial charge in [-0.2, -0.15) is 0 Å². The second-order valence-corrected chi connectivity index (χ2v) is 5.86. The number of amides is 2. The van der Waals surface area contributed by atoms with E-state index in [-0.39, 0.29) is 11.3 Å². The van der Waals surface area contributed by atoms with Crippen LogP contribution in [0.25, 0.3) is 0 Å². The van der Waals surface area contributed by atoms with Crippen LogP contribution in [0.4, 0.5) is 0 Å². The first-order chi connectivity index (χ1) is 13.1. The van der Waals surface area contributed by atoms with Gasteiger partial charge in [0.05, 0.1) is 14.2 Å². The Bertz CT molecular complexity index is 761. The van der Waals surface area contributed by atoms with Gasteiger partial charge in [-0.15, -0.1) is 0 Å².